The van der Waals surface area contributed by atoms with Crippen LogP contribution in [0.1, 0.15) is 17.4 Å². The highest BCUT2D eigenvalue weighted by Crippen LogP contribution is 2.41. The summed E-state index contributed by atoms with van der Waals surface area (Å²) >= 11 is 0. The molecule has 2 saturated heterocycles. The fourth-order valence-corrected chi connectivity index (χ4v) is 4.07. The summed E-state index contributed by atoms with van der Waals surface area (Å²) in [4.78, 5) is 29.7. The molecule has 0 bridgehead atoms. The Morgan fingerprint density at radius 3 is 2.56 bits per heavy atom. The van der Waals surface area contributed by atoms with Gasteiger partial charge in [-0.15, -0.1) is 0 Å². The van der Waals surface area contributed by atoms with E-state index in [-0.39, 0.29) is 16.9 Å². The second-order valence-corrected chi connectivity index (χ2v) is 7.53. The average molecular weight is 442 g/mol. The van der Waals surface area contributed by atoms with E-state index in [0.29, 0.717) is 43.6 Å². The highest BCUT2D eigenvalue weighted by Gasteiger charge is 2.47. The second kappa shape index (κ2) is 9.46. The normalized spacial score (nSPS) is 21.2. The van der Waals surface area contributed by atoms with Gasteiger partial charge in [0.1, 0.15) is 29.1 Å². The van der Waals surface area contributed by atoms with E-state index in [1.54, 1.807) is 30.3 Å². The lowest BCUT2D eigenvalue weighted by Gasteiger charge is -2.30. The van der Waals surface area contributed by atoms with Gasteiger partial charge in [-0.2, -0.15) is 0 Å². The number of hydrogen-bond acceptors (Lipinski definition) is 8. The minimum atomic E-state index is -0.835. The molecule has 3 heterocycles. The van der Waals surface area contributed by atoms with Crippen molar-refractivity contribution in [1.82, 2.24) is 9.80 Å². The van der Waals surface area contributed by atoms with Gasteiger partial charge in [-0.1, -0.05) is 0 Å². The molecule has 0 radical (unpaired) electrons. The zero-order valence-electron chi connectivity index (χ0n) is 18.1. The minimum Gasteiger partial charge on any atom is -0.507 e. The predicted octanol–water partition coefficient (Wildman–Crippen LogP) is 2.05. The molecule has 1 aromatic carbocycles. The maximum Gasteiger partial charge on any atom is 0.295 e. The third kappa shape index (κ3) is 4.09. The molecule has 2 aromatic rings. The van der Waals surface area contributed by atoms with Crippen molar-refractivity contribution in [2.24, 2.45) is 0 Å². The predicted molar refractivity (Wildman–Crippen MR) is 115 cm³/mol. The molecule has 1 aromatic heterocycles. The zero-order chi connectivity index (χ0) is 22.7. The maximum absolute atomic E-state index is 13.1. The van der Waals surface area contributed by atoms with E-state index in [1.807, 2.05) is 0 Å². The number of methoxy groups -OCH3 is 2. The summed E-state index contributed by atoms with van der Waals surface area (Å²) in [6.07, 6.45) is 1.48. The van der Waals surface area contributed by atoms with E-state index in [4.69, 9.17) is 18.6 Å². The average Bonchev–Trinajstić information content (AvgIpc) is 3.44. The SMILES string of the molecule is COc1ccc(/C(O)=C2\C(=O)C(=O)N(CCN3CCOCC3)[C@H]2c2ccco2)c(OC)c1. The number of Topliss-reactive ketones (excluding diaryl/α,β-unsaturated/α-hetero) is 1. The number of aliphatic hydroxyl groups is 1. The van der Waals surface area contributed by atoms with Gasteiger partial charge >= 0.3 is 0 Å². The Balaban J connectivity index is 1.73. The number of ketones is 1. The summed E-state index contributed by atoms with van der Waals surface area (Å²) in [6, 6.07) is 7.38. The Kier molecular flexibility index (Phi) is 6.48. The monoisotopic (exact) mass is 442 g/mol. The number of rotatable bonds is 7. The summed E-state index contributed by atoms with van der Waals surface area (Å²) in [5, 5.41) is 11.2. The lowest BCUT2D eigenvalue weighted by Crippen LogP contribution is -2.42. The second-order valence-electron chi connectivity index (χ2n) is 7.53. The number of ether oxygens (including phenoxy) is 3. The fourth-order valence-electron chi connectivity index (χ4n) is 4.07. The van der Waals surface area contributed by atoms with Crippen LogP contribution < -0.4 is 9.47 Å². The van der Waals surface area contributed by atoms with E-state index in [1.165, 1.54) is 25.4 Å². The summed E-state index contributed by atoms with van der Waals surface area (Å²) in [7, 11) is 2.97. The molecule has 32 heavy (non-hydrogen) atoms. The summed E-state index contributed by atoms with van der Waals surface area (Å²) in [5.41, 5.74) is 0.256. The lowest BCUT2D eigenvalue weighted by molar-refractivity contribution is -0.140. The molecule has 0 saturated carbocycles. The van der Waals surface area contributed by atoms with Crippen molar-refractivity contribution in [2.45, 2.75) is 6.04 Å². The van der Waals surface area contributed by atoms with Crippen LogP contribution in [-0.2, 0) is 14.3 Å². The number of nitrogens with zero attached hydrogens (tertiary/aromatic N) is 2. The number of furan rings is 1. The van der Waals surface area contributed by atoms with Crippen LogP contribution in [0.5, 0.6) is 11.5 Å². The van der Waals surface area contributed by atoms with Gasteiger partial charge in [-0.05, 0) is 24.3 Å². The number of morpholine rings is 1. The summed E-state index contributed by atoms with van der Waals surface area (Å²) < 4.78 is 21.5. The zero-order valence-corrected chi connectivity index (χ0v) is 18.1. The molecule has 0 spiro atoms. The Hall–Kier alpha value is -3.30. The van der Waals surface area contributed by atoms with Crippen molar-refractivity contribution in [3.8, 4) is 11.5 Å². The van der Waals surface area contributed by atoms with E-state index in [0.717, 1.165) is 13.1 Å². The molecule has 1 atom stereocenters. The van der Waals surface area contributed by atoms with Gasteiger partial charge in [0.2, 0.25) is 0 Å². The van der Waals surface area contributed by atoms with Crippen LogP contribution in [0.15, 0.2) is 46.6 Å². The Morgan fingerprint density at radius 2 is 1.91 bits per heavy atom. The maximum atomic E-state index is 13.1. The first-order valence-electron chi connectivity index (χ1n) is 10.4. The quantitative estimate of drug-likeness (QED) is 0.395. The molecule has 0 aliphatic carbocycles. The number of aliphatic hydroxyl groups excluding tert-OH is 1. The van der Waals surface area contributed by atoms with Crippen molar-refractivity contribution in [3.05, 3.63) is 53.5 Å². The van der Waals surface area contributed by atoms with Crippen molar-refractivity contribution in [2.75, 3.05) is 53.6 Å². The van der Waals surface area contributed by atoms with Crippen molar-refractivity contribution < 1.29 is 33.3 Å². The van der Waals surface area contributed by atoms with Crippen molar-refractivity contribution in [3.63, 3.8) is 0 Å². The molecule has 170 valence electrons. The molecular weight excluding hydrogens is 416 g/mol. The van der Waals surface area contributed by atoms with Gasteiger partial charge in [0.15, 0.2) is 0 Å². The number of benzene rings is 1. The number of likely N-dealkylation sites (tertiary alicyclic amines) is 1. The topological polar surface area (TPSA) is 102 Å². The highest BCUT2D eigenvalue weighted by atomic mass is 16.5. The first-order chi connectivity index (χ1) is 15.5. The molecule has 2 fully saturated rings. The van der Waals surface area contributed by atoms with Gasteiger partial charge in [0, 0.05) is 32.2 Å². The van der Waals surface area contributed by atoms with Crippen molar-refractivity contribution >= 4 is 17.4 Å². The highest BCUT2D eigenvalue weighted by molar-refractivity contribution is 6.46. The molecule has 9 heteroatoms. The number of carbonyl (C=O) groups excluding carboxylic acids is 2. The molecule has 1 N–H and O–H groups in total. The molecule has 4 rings (SSSR count). The van der Waals surface area contributed by atoms with Crippen LogP contribution in [-0.4, -0.2) is 80.2 Å². The van der Waals surface area contributed by atoms with Gasteiger partial charge in [0.25, 0.3) is 11.7 Å². The van der Waals surface area contributed by atoms with Crippen LogP contribution >= 0.6 is 0 Å². The smallest absolute Gasteiger partial charge is 0.295 e. The Morgan fingerprint density at radius 1 is 1.12 bits per heavy atom. The molecule has 2 aliphatic rings. The van der Waals surface area contributed by atoms with Crippen LogP contribution in [0.25, 0.3) is 5.76 Å². The third-order valence-electron chi connectivity index (χ3n) is 5.78. The van der Waals surface area contributed by atoms with Crippen LogP contribution in [0.4, 0.5) is 0 Å². The lowest BCUT2D eigenvalue weighted by atomic mass is 9.98. The largest absolute Gasteiger partial charge is 0.507 e. The van der Waals surface area contributed by atoms with E-state index in [9.17, 15) is 14.7 Å². The summed E-state index contributed by atoms with van der Waals surface area (Å²) in [5.74, 6) is -0.498. The third-order valence-corrected chi connectivity index (χ3v) is 5.78. The minimum absolute atomic E-state index is 0.0320. The molecule has 0 unspecified atom stereocenters. The van der Waals surface area contributed by atoms with Gasteiger partial charge in [0.05, 0.1) is 44.8 Å². The first kappa shape index (κ1) is 21.9. The molecule has 2 aliphatic heterocycles. The molecule has 9 nitrogen and oxygen atoms in total. The number of hydrogen-bond donors (Lipinski definition) is 1. The van der Waals surface area contributed by atoms with Crippen LogP contribution in [0.2, 0.25) is 0 Å². The Labute approximate surface area is 185 Å². The molecule has 1 amide bonds. The van der Waals surface area contributed by atoms with Crippen molar-refractivity contribution in [1.29, 1.82) is 0 Å². The molecular formula is C23H26N2O7. The van der Waals surface area contributed by atoms with Gasteiger partial charge in [-0.3, -0.25) is 14.5 Å². The Bertz CT molecular complexity index is 1010. The van der Waals surface area contributed by atoms with E-state index < -0.39 is 17.7 Å². The number of carbonyl (C=O) groups is 2. The van der Waals surface area contributed by atoms with Crippen LogP contribution in [0, 0.1) is 0 Å². The van der Waals surface area contributed by atoms with Gasteiger partial charge < -0.3 is 28.6 Å². The fraction of sp³-hybridized carbons (Fsp3) is 0.391. The van der Waals surface area contributed by atoms with E-state index in [2.05, 4.69) is 4.90 Å². The standard InChI is InChI=1S/C23H26N2O7/c1-29-15-5-6-16(18(14-15)30-2)21(26)19-20(17-4-3-11-32-17)25(23(28)22(19)27)8-7-24-9-12-31-13-10-24/h3-6,11,14,20,26H,7-10,12-13H2,1-2H3/b21-19+/t20-/m0/s1. The van der Waals surface area contributed by atoms with E-state index >= 15 is 0 Å². The first-order valence-corrected chi connectivity index (χ1v) is 10.4. The van der Waals surface area contributed by atoms with Gasteiger partial charge in [-0.25, -0.2) is 0 Å². The van der Waals surface area contributed by atoms with Crippen LogP contribution in [0.3, 0.4) is 0 Å². The number of amides is 1. The summed E-state index contributed by atoms with van der Waals surface area (Å²) in [6.45, 7) is 3.69.